The molecule has 0 spiro atoms. The zero-order valence-electron chi connectivity index (χ0n) is 16.7. The van der Waals surface area contributed by atoms with Crippen molar-refractivity contribution in [2.75, 3.05) is 6.54 Å². The van der Waals surface area contributed by atoms with Crippen LogP contribution in [0.15, 0.2) is 42.5 Å². The van der Waals surface area contributed by atoms with E-state index in [-0.39, 0.29) is 18.7 Å². The fourth-order valence-corrected chi connectivity index (χ4v) is 2.90. The Bertz CT molecular complexity index is 667. The van der Waals surface area contributed by atoms with E-state index >= 15 is 0 Å². The van der Waals surface area contributed by atoms with Crippen LogP contribution < -0.4 is 5.32 Å². The maximum absolute atomic E-state index is 12.7. The van der Waals surface area contributed by atoms with Crippen LogP contribution in [0.5, 0.6) is 0 Å². The SMILES string of the molecule is C=C1CCC(NC(=O)OC(C)(C)C)CN(C(=O)OCc2ccccc2)[C@H]1C. The van der Waals surface area contributed by atoms with Crippen molar-refractivity contribution in [3.8, 4) is 0 Å². The Balaban J connectivity index is 2.00. The minimum absolute atomic E-state index is 0.154. The molecule has 2 rings (SSSR count). The number of carbonyl (C=O) groups excluding carboxylic acids is 2. The highest BCUT2D eigenvalue weighted by atomic mass is 16.6. The molecule has 27 heavy (non-hydrogen) atoms. The summed E-state index contributed by atoms with van der Waals surface area (Å²) in [6.45, 7) is 12.0. The van der Waals surface area contributed by atoms with E-state index in [1.54, 1.807) is 4.90 Å². The molecule has 6 nitrogen and oxygen atoms in total. The van der Waals surface area contributed by atoms with Crippen molar-refractivity contribution in [2.24, 2.45) is 0 Å². The molecule has 0 aliphatic carbocycles. The second kappa shape index (κ2) is 8.93. The fourth-order valence-electron chi connectivity index (χ4n) is 2.90. The lowest BCUT2D eigenvalue weighted by Crippen LogP contribution is -2.48. The number of nitrogens with zero attached hydrogens (tertiary/aromatic N) is 1. The quantitative estimate of drug-likeness (QED) is 0.803. The minimum atomic E-state index is -0.569. The third kappa shape index (κ3) is 6.62. The van der Waals surface area contributed by atoms with E-state index in [2.05, 4.69) is 11.9 Å². The Morgan fingerprint density at radius 3 is 2.56 bits per heavy atom. The first-order valence-corrected chi connectivity index (χ1v) is 9.30. The molecule has 148 valence electrons. The molecule has 1 fully saturated rings. The summed E-state index contributed by atoms with van der Waals surface area (Å²) in [5, 5.41) is 2.86. The number of amides is 2. The Morgan fingerprint density at radius 2 is 1.93 bits per heavy atom. The average molecular weight is 374 g/mol. The molecule has 6 heteroatoms. The van der Waals surface area contributed by atoms with Crippen molar-refractivity contribution >= 4 is 12.2 Å². The Hall–Kier alpha value is -2.50. The number of carbonyl (C=O) groups is 2. The number of ether oxygens (including phenoxy) is 2. The molecule has 1 N–H and O–H groups in total. The zero-order valence-corrected chi connectivity index (χ0v) is 16.7. The number of nitrogens with one attached hydrogen (secondary N) is 1. The summed E-state index contributed by atoms with van der Waals surface area (Å²) in [7, 11) is 0. The normalized spacial score (nSPS) is 20.6. The van der Waals surface area contributed by atoms with Gasteiger partial charge in [0.2, 0.25) is 0 Å². The molecule has 2 amide bonds. The molecule has 1 aliphatic rings. The summed E-state index contributed by atoms with van der Waals surface area (Å²) in [6.07, 6.45) is 0.533. The molecule has 0 radical (unpaired) electrons. The molecule has 1 unspecified atom stereocenters. The second-order valence-electron chi connectivity index (χ2n) is 7.91. The van der Waals surface area contributed by atoms with E-state index in [4.69, 9.17) is 9.47 Å². The van der Waals surface area contributed by atoms with Crippen LogP contribution in [-0.2, 0) is 16.1 Å². The van der Waals surface area contributed by atoms with Crippen LogP contribution in [0.1, 0.15) is 46.1 Å². The van der Waals surface area contributed by atoms with Gasteiger partial charge in [0.1, 0.15) is 12.2 Å². The van der Waals surface area contributed by atoms with Gasteiger partial charge in [-0.1, -0.05) is 42.5 Å². The maximum Gasteiger partial charge on any atom is 0.410 e. The maximum atomic E-state index is 12.7. The van der Waals surface area contributed by atoms with Crippen LogP contribution in [0.4, 0.5) is 9.59 Å². The van der Waals surface area contributed by atoms with E-state index in [0.717, 1.165) is 17.6 Å². The zero-order chi connectivity index (χ0) is 20.0. The summed E-state index contributed by atoms with van der Waals surface area (Å²) in [5.41, 5.74) is 1.30. The van der Waals surface area contributed by atoms with Crippen LogP contribution in [0, 0.1) is 0 Å². The number of hydrogen-bond acceptors (Lipinski definition) is 4. The number of hydrogen-bond donors (Lipinski definition) is 1. The van der Waals surface area contributed by atoms with Gasteiger partial charge < -0.3 is 14.8 Å². The topological polar surface area (TPSA) is 67.9 Å². The van der Waals surface area contributed by atoms with Gasteiger partial charge in [0.05, 0.1) is 12.1 Å². The van der Waals surface area contributed by atoms with Gasteiger partial charge in [-0.2, -0.15) is 0 Å². The molecule has 1 heterocycles. The first-order chi connectivity index (χ1) is 12.7. The number of benzene rings is 1. The lowest BCUT2D eigenvalue weighted by Gasteiger charge is -2.30. The number of likely N-dealkylation sites (tertiary alicyclic amines) is 1. The highest BCUT2D eigenvalue weighted by molar-refractivity contribution is 5.70. The van der Waals surface area contributed by atoms with E-state index in [1.807, 2.05) is 58.0 Å². The van der Waals surface area contributed by atoms with Crippen LogP contribution >= 0.6 is 0 Å². The molecule has 1 aliphatic heterocycles. The molecule has 1 aromatic carbocycles. The van der Waals surface area contributed by atoms with Crippen molar-refractivity contribution in [2.45, 2.75) is 64.8 Å². The van der Waals surface area contributed by atoms with Crippen molar-refractivity contribution < 1.29 is 19.1 Å². The third-order valence-corrected chi connectivity index (χ3v) is 4.45. The summed E-state index contributed by atoms with van der Waals surface area (Å²) in [5.74, 6) is 0. The molecule has 0 bridgehead atoms. The van der Waals surface area contributed by atoms with Crippen molar-refractivity contribution in [1.82, 2.24) is 10.2 Å². The monoisotopic (exact) mass is 374 g/mol. The van der Waals surface area contributed by atoms with Gasteiger partial charge >= 0.3 is 12.2 Å². The van der Waals surface area contributed by atoms with Crippen LogP contribution in [-0.4, -0.2) is 41.3 Å². The summed E-state index contributed by atoms with van der Waals surface area (Å²) in [4.78, 5) is 26.4. The number of rotatable bonds is 3. The van der Waals surface area contributed by atoms with Crippen molar-refractivity contribution in [3.63, 3.8) is 0 Å². The predicted octanol–water partition coefficient (Wildman–Crippen LogP) is 4.26. The molecular weight excluding hydrogens is 344 g/mol. The molecule has 2 atom stereocenters. The van der Waals surface area contributed by atoms with Gasteiger partial charge in [0.25, 0.3) is 0 Å². The first-order valence-electron chi connectivity index (χ1n) is 9.30. The van der Waals surface area contributed by atoms with Gasteiger partial charge in [-0.25, -0.2) is 9.59 Å². The van der Waals surface area contributed by atoms with E-state index in [9.17, 15) is 9.59 Å². The smallest absolute Gasteiger partial charge is 0.410 e. The van der Waals surface area contributed by atoms with Crippen molar-refractivity contribution in [1.29, 1.82) is 0 Å². The Labute approximate surface area is 161 Å². The Kier molecular flexibility index (Phi) is 6.88. The minimum Gasteiger partial charge on any atom is -0.445 e. The van der Waals surface area contributed by atoms with E-state index in [0.29, 0.717) is 13.0 Å². The van der Waals surface area contributed by atoms with Gasteiger partial charge in [-0.05, 0) is 46.1 Å². The highest BCUT2D eigenvalue weighted by Crippen LogP contribution is 2.22. The van der Waals surface area contributed by atoms with Crippen LogP contribution in [0.2, 0.25) is 0 Å². The second-order valence-corrected chi connectivity index (χ2v) is 7.91. The Morgan fingerprint density at radius 1 is 1.26 bits per heavy atom. The first kappa shape index (κ1) is 20.8. The van der Waals surface area contributed by atoms with E-state index < -0.39 is 17.8 Å². The van der Waals surface area contributed by atoms with Gasteiger partial charge in [-0.15, -0.1) is 0 Å². The third-order valence-electron chi connectivity index (χ3n) is 4.45. The molecular formula is C21H30N2O4. The fraction of sp³-hybridized carbons (Fsp3) is 0.524. The van der Waals surface area contributed by atoms with Crippen molar-refractivity contribution in [3.05, 3.63) is 48.0 Å². The van der Waals surface area contributed by atoms with Crippen LogP contribution in [0.3, 0.4) is 0 Å². The largest absolute Gasteiger partial charge is 0.445 e. The summed E-state index contributed by atoms with van der Waals surface area (Å²) < 4.78 is 10.8. The average Bonchev–Trinajstić information content (AvgIpc) is 2.72. The molecule has 1 saturated heterocycles. The lowest BCUT2D eigenvalue weighted by atomic mass is 10.1. The summed E-state index contributed by atoms with van der Waals surface area (Å²) in [6, 6.07) is 9.17. The van der Waals surface area contributed by atoms with Gasteiger partial charge in [-0.3, -0.25) is 4.90 Å². The summed E-state index contributed by atoms with van der Waals surface area (Å²) >= 11 is 0. The van der Waals surface area contributed by atoms with Gasteiger partial charge in [0.15, 0.2) is 0 Å². The molecule has 1 aromatic rings. The number of alkyl carbamates (subject to hydrolysis) is 1. The highest BCUT2D eigenvalue weighted by Gasteiger charge is 2.31. The van der Waals surface area contributed by atoms with E-state index in [1.165, 1.54) is 0 Å². The van der Waals surface area contributed by atoms with Gasteiger partial charge in [0, 0.05) is 6.54 Å². The predicted molar refractivity (Wildman–Crippen MR) is 104 cm³/mol. The lowest BCUT2D eigenvalue weighted by molar-refractivity contribution is 0.0476. The standard InChI is InChI=1S/C21H30N2O4/c1-15-11-12-18(22-19(24)27-21(3,4)5)13-23(16(15)2)20(25)26-14-17-9-7-6-8-10-17/h6-10,16,18H,1,11-14H2,2-5H3,(H,22,24)/t16-,18?/m0/s1. The molecule has 0 saturated carbocycles. The van der Waals surface area contributed by atoms with Crippen LogP contribution in [0.25, 0.3) is 0 Å². The molecule has 0 aromatic heterocycles.